The van der Waals surface area contributed by atoms with Crippen LogP contribution in [0.5, 0.6) is 11.5 Å². The average molecular weight is 318 g/mol. The summed E-state index contributed by atoms with van der Waals surface area (Å²) in [4.78, 5) is 2.37. The van der Waals surface area contributed by atoms with Gasteiger partial charge in [-0.05, 0) is 69.8 Å². The van der Waals surface area contributed by atoms with Gasteiger partial charge in [-0.25, -0.2) is 0 Å². The summed E-state index contributed by atoms with van der Waals surface area (Å²) in [5, 5.41) is 3.51. The lowest BCUT2D eigenvalue weighted by Gasteiger charge is -2.31. The number of hydrogen-bond acceptors (Lipinski definition) is 4. The topological polar surface area (TPSA) is 33.7 Å². The number of piperidine rings is 2. The minimum absolute atomic E-state index is 0.311. The summed E-state index contributed by atoms with van der Waals surface area (Å²) in [7, 11) is 3.92. The fourth-order valence-corrected chi connectivity index (χ4v) is 3.70. The molecule has 0 radical (unpaired) electrons. The van der Waals surface area contributed by atoms with Gasteiger partial charge in [0.25, 0.3) is 0 Å². The third-order valence-corrected chi connectivity index (χ3v) is 5.14. The van der Waals surface area contributed by atoms with E-state index in [9.17, 15) is 0 Å². The summed E-state index contributed by atoms with van der Waals surface area (Å²) in [5.41, 5.74) is 1.30. The van der Waals surface area contributed by atoms with Crippen LogP contribution in [0.3, 0.4) is 0 Å². The van der Waals surface area contributed by atoms with Crippen molar-refractivity contribution in [3.8, 4) is 11.5 Å². The summed E-state index contributed by atoms with van der Waals surface area (Å²) in [5.74, 6) is 2.57. The molecule has 0 bridgehead atoms. The van der Waals surface area contributed by atoms with Crippen LogP contribution in [0.2, 0.25) is 0 Å². The molecule has 2 heterocycles. The molecule has 0 aromatic heterocycles. The first-order chi connectivity index (χ1) is 11.3. The Labute approximate surface area is 140 Å². The van der Waals surface area contributed by atoms with Gasteiger partial charge in [-0.3, -0.25) is 0 Å². The van der Waals surface area contributed by atoms with Crippen molar-refractivity contribution in [3.05, 3.63) is 23.8 Å². The zero-order valence-corrected chi connectivity index (χ0v) is 14.5. The van der Waals surface area contributed by atoms with E-state index in [1.54, 1.807) is 7.11 Å². The second-order valence-electron chi connectivity index (χ2n) is 6.99. The van der Waals surface area contributed by atoms with Gasteiger partial charge in [-0.15, -0.1) is 0 Å². The Hall–Kier alpha value is -1.26. The first-order valence-electron chi connectivity index (χ1n) is 8.98. The molecular weight excluding hydrogens is 288 g/mol. The summed E-state index contributed by atoms with van der Waals surface area (Å²) in [6.45, 7) is 4.50. The fourth-order valence-electron chi connectivity index (χ4n) is 3.70. The Balaban J connectivity index is 1.73. The van der Waals surface area contributed by atoms with Crippen LogP contribution in [0.1, 0.15) is 31.2 Å². The lowest BCUT2D eigenvalue weighted by atomic mass is 9.92. The highest BCUT2D eigenvalue weighted by molar-refractivity contribution is 5.47. The molecule has 2 fully saturated rings. The van der Waals surface area contributed by atoms with Gasteiger partial charge < -0.3 is 19.7 Å². The second kappa shape index (κ2) is 8.02. The maximum Gasteiger partial charge on any atom is 0.164 e. The number of ether oxygens (including phenoxy) is 2. The third-order valence-electron chi connectivity index (χ3n) is 5.14. The smallest absolute Gasteiger partial charge is 0.164 e. The van der Waals surface area contributed by atoms with Gasteiger partial charge in [0.2, 0.25) is 0 Å². The molecule has 4 nitrogen and oxygen atoms in total. The van der Waals surface area contributed by atoms with Crippen LogP contribution in [0.4, 0.5) is 0 Å². The standard InChI is InChI=1S/C19H30N2O2/c1-21-11-8-17(9-12-21)23-19-16(6-3-7-18(19)22-2)13-15-5-4-10-20-14-15/h3,6-7,15,17,20H,4-5,8-14H2,1-2H3. The minimum Gasteiger partial charge on any atom is -0.493 e. The molecule has 0 amide bonds. The number of nitrogens with zero attached hydrogens (tertiary/aromatic N) is 1. The van der Waals surface area contributed by atoms with Crippen LogP contribution in [-0.4, -0.2) is 51.3 Å². The zero-order valence-electron chi connectivity index (χ0n) is 14.5. The minimum atomic E-state index is 0.311. The number of methoxy groups -OCH3 is 1. The van der Waals surface area contributed by atoms with Crippen LogP contribution in [0.25, 0.3) is 0 Å². The summed E-state index contributed by atoms with van der Waals surface area (Å²) in [6, 6.07) is 6.32. The van der Waals surface area contributed by atoms with E-state index in [1.165, 1.54) is 18.4 Å². The van der Waals surface area contributed by atoms with Crippen LogP contribution in [-0.2, 0) is 6.42 Å². The summed E-state index contributed by atoms with van der Waals surface area (Å²) < 4.78 is 12.0. The van der Waals surface area contributed by atoms with Gasteiger partial charge in [0.1, 0.15) is 6.10 Å². The third kappa shape index (κ3) is 4.39. The van der Waals surface area contributed by atoms with Crippen molar-refractivity contribution >= 4 is 0 Å². The normalized spacial score (nSPS) is 23.7. The van der Waals surface area contributed by atoms with E-state index >= 15 is 0 Å². The van der Waals surface area contributed by atoms with E-state index in [2.05, 4.69) is 29.4 Å². The molecule has 4 heteroatoms. The lowest BCUT2D eigenvalue weighted by molar-refractivity contribution is 0.110. The van der Waals surface area contributed by atoms with Gasteiger partial charge in [0.05, 0.1) is 7.11 Å². The molecule has 23 heavy (non-hydrogen) atoms. The maximum absolute atomic E-state index is 6.43. The molecule has 1 aromatic rings. The molecule has 3 rings (SSSR count). The number of para-hydroxylation sites is 1. The Morgan fingerprint density at radius 1 is 1.22 bits per heavy atom. The predicted molar refractivity (Wildman–Crippen MR) is 93.4 cm³/mol. The molecule has 1 N–H and O–H groups in total. The Kier molecular flexibility index (Phi) is 5.79. The lowest BCUT2D eigenvalue weighted by Crippen LogP contribution is -2.36. The van der Waals surface area contributed by atoms with Crippen LogP contribution in [0, 0.1) is 5.92 Å². The van der Waals surface area contributed by atoms with Crippen molar-refractivity contribution < 1.29 is 9.47 Å². The molecule has 0 spiro atoms. The van der Waals surface area contributed by atoms with E-state index in [4.69, 9.17) is 9.47 Å². The number of rotatable bonds is 5. The monoisotopic (exact) mass is 318 g/mol. The van der Waals surface area contributed by atoms with Gasteiger partial charge in [-0.1, -0.05) is 12.1 Å². The highest BCUT2D eigenvalue weighted by atomic mass is 16.5. The highest BCUT2D eigenvalue weighted by Crippen LogP contribution is 2.35. The van der Waals surface area contributed by atoms with Crippen LogP contribution >= 0.6 is 0 Å². The van der Waals surface area contributed by atoms with Crippen molar-refractivity contribution in [1.29, 1.82) is 0 Å². The largest absolute Gasteiger partial charge is 0.493 e. The maximum atomic E-state index is 6.43. The number of hydrogen-bond donors (Lipinski definition) is 1. The highest BCUT2D eigenvalue weighted by Gasteiger charge is 2.23. The van der Waals surface area contributed by atoms with E-state index in [1.807, 2.05) is 6.07 Å². The van der Waals surface area contributed by atoms with E-state index in [0.717, 1.165) is 56.9 Å². The second-order valence-corrected chi connectivity index (χ2v) is 6.99. The van der Waals surface area contributed by atoms with Crippen LogP contribution < -0.4 is 14.8 Å². The molecule has 128 valence electrons. The molecule has 2 aliphatic rings. The first-order valence-corrected chi connectivity index (χ1v) is 8.98. The van der Waals surface area contributed by atoms with Crippen molar-refractivity contribution in [2.75, 3.05) is 40.3 Å². The van der Waals surface area contributed by atoms with Crippen LogP contribution in [0.15, 0.2) is 18.2 Å². The fraction of sp³-hybridized carbons (Fsp3) is 0.684. The SMILES string of the molecule is COc1cccc(CC2CCCNC2)c1OC1CCN(C)CC1. The molecule has 0 aliphatic carbocycles. The quantitative estimate of drug-likeness (QED) is 0.905. The molecule has 1 atom stereocenters. The molecule has 1 aromatic carbocycles. The van der Waals surface area contributed by atoms with Gasteiger partial charge in [-0.2, -0.15) is 0 Å². The summed E-state index contributed by atoms with van der Waals surface area (Å²) in [6.07, 6.45) is 6.16. The van der Waals surface area contributed by atoms with Crippen molar-refractivity contribution in [1.82, 2.24) is 10.2 Å². The molecule has 1 unspecified atom stereocenters. The number of nitrogens with one attached hydrogen (secondary N) is 1. The average Bonchev–Trinajstić information content (AvgIpc) is 2.59. The number of likely N-dealkylation sites (tertiary alicyclic amines) is 1. The van der Waals surface area contributed by atoms with E-state index in [0.29, 0.717) is 12.0 Å². The predicted octanol–water partition coefficient (Wildman–Crippen LogP) is 2.71. The molecule has 2 saturated heterocycles. The zero-order chi connectivity index (χ0) is 16.1. The van der Waals surface area contributed by atoms with Crippen molar-refractivity contribution in [3.63, 3.8) is 0 Å². The molecule has 2 aliphatic heterocycles. The summed E-state index contributed by atoms with van der Waals surface area (Å²) >= 11 is 0. The van der Waals surface area contributed by atoms with Crippen molar-refractivity contribution in [2.45, 2.75) is 38.2 Å². The molecular formula is C19H30N2O2. The molecule has 0 saturated carbocycles. The van der Waals surface area contributed by atoms with Gasteiger partial charge in [0.15, 0.2) is 11.5 Å². The van der Waals surface area contributed by atoms with Crippen molar-refractivity contribution in [2.24, 2.45) is 5.92 Å². The first kappa shape index (κ1) is 16.6. The Morgan fingerprint density at radius 3 is 2.74 bits per heavy atom. The van der Waals surface area contributed by atoms with E-state index < -0.39 is 0 Å². The van der Waals surface area contributed by atoms with Gasteiger partial charge >= 0.3 is 0 Å². The Morgan fingerprint density at radius 2 is 2.04 bits per heavy atom. The van der Waals surface area contributed by atoms with Gasteiger partial charge in [0, 0.05) is 13.1 Å². The van der Waals surface area contributed by atoms with E-state index in [-0.39, 0.29) is 0 Å². The Bertz CT molecular complexity index is 492. The number of benzene rings is 1.